The zero-order valence-electron chi connectivity index (χ0n) is 9.78. The minimum atomic E-state index is -5.26. The first kappa shape index (κ1) is 16.8. The lowest BCUT2D eigenvalue weighted by molar-refractivity contribution is -0.177. The van der Waals surface area contributed by atoms with Crippen LogP contribution < -0.4 is 0 Å². The zero-order chi connectivity index (χ0) is 15.6. The molecule has 1 rings (SSSR count). The molecule has 1 saturated heterocycles. The molecule has 0 aliphatic carbocycles. The van der Waals surface area contributed by atoms with E-state index in [0.717, 1.165) is 0 Å². The minimum Gasteiger partial charge on any atom is -0.768 e. The monoisotopic (exact) mass is 321 g/mol. The average Bonchev–Trinajstić information content (AvgIpc) is 2.75. The Balaban J connectivity index is 2.45. The first-order chi connectivity index (χ1) is 9.08. The van der Waals surface area contributed by atoms with Crippen molar-refractivity contribution in [1.82, 2.24) is 0 Å². The fourth-order valence-corrected chi connectivity index (χ4v) is 1.68. The number of esters is 2. The van der Waals surface area contributed by atoms with Gasteiger partial charge in [0.1, 0.15) is 0 Å². The molecule has 1 aliphatic heterocycles. The predicted octanol–water partition coefficient (Wildman–Crippen LogP) is 0.733. The standard InChI is InChI=1S/C9H10F4O6S/c10-8(11,9(12,13)20(16)17)3-4-18-7(15)5-1-2-6(14)19-5/h5H,1-4H2,(H,16,17)/p-1. The van der Waals surface area contributed by atoms with Gasteiger partial charge in [-0.15, -0.1) is 0 Å². The van der Waals surface area contributed by atoms with E-state index in [1.807, 2.05) is 0 Å². The topological polar surface area (TPSA) is 92.7 Å². The Bertz CT molecular complexity index is 427. The SMILES string of the molecule is O=C1CCC(C(=O)OCCC(F)(F)C(F)(F)S(=O)[O-])O1. The molecule has 1 aliphatic rings. The predicted molar refractivity (Wildman–Crippen MR) is 53.5 cm³/mol. The molecule has 2 atom stereocenters. The first-order valence-electron chi connectivity index (χ1n) is 5.29. The van der Waals surface area contributed by atoms with E-state index >= 15 is 0 Å². The molecular weight excluding hydrogens is 312 g/mol. The molecule has 0 N–H and O–H groups in total. The van der Waals surface area contributed by atoms with Gasteiger partial charge in [-0.3, -0.25) is 9.00 Å². The van der Waals surface area contributed by atoms with Crippen molar-refractivity contribution in [3.05, 3.63) is 0 Å². The van der Waals surface area contributed by atoms with E-state index in [9.17, 15) is 35.9 Å². The lowest BCUT2D eigenvalue weighted by Gasteiger charge is -2.27. The summed E-state index contributed by atoms with van der Waals surface area (Å²) in [5, 5.41) is -5.26. The molecule has 2 unspecified atom stereocenters. The second-order valence-corrected chi connectivity index (χ2v) is 4.87. The maximum absolute atomic E-state index is 12.9. The molecule has 20 heavy (non-hydrogen) atoms. The summed E-state index contributed by atoms with van der Waals surface area (Å²) in [7, 11) is 0. The van der Waals surface area contributed by atoms with Crippen molar-refractivity contribution in [1.29, 1.82) is 0 Å². The Labute approximate surface area is 112 Å². The highest BCUT2D eigenvalue weighted by molar-refractivity contribution is 7.80. The zero-order valence-corrected chi connectivity index (χ0v) is 10.6. The van der Waals surface area contributed by atoms with Crippen LogP contribution in [-0.2, 0) is 30.1 Å². The number of halogens is 4. The molecular formula is C9H9F4O6S-. The molecule has 11 heteroatoms. The van der Waals surface area contributed by atoms with Gasteiger partial charge in [0.15, 0.2) is 6.10 Å². The highest BCUT2D eigenvalue weighted by Crippen LogP contribution is 2.38. The van der Waals surface area contributed by atoms with Crippen molar-refractivity contribution in [2.75, 3.05) is 6.61 Å². The summed E-state index contributed by atoms with van der Waals surface area (Å²) in [5.74, 6) is -6.68. The molecule has 0 amide bonds. The summed E-state index contributed by atoms with van der Waals surface area (Å²) in [6, 6.07) is 0. The normalized spacial score (nSPS) is 21.4. The van der Waals surface area contributed by atoms with Crippen LogP contribution in [0.15, 0.2) is 0 Å². The molecule has 0 bridgehead atoms. The molecule has 116 valence electrons. The lowest BCUT2D eigenvalue weighted by Crippen LogP contribution is -2.45. The number of hydrogen-bond donors (Lipinski definition) is 0. The average molecular weight is 321 g/mol. The van der Waals surface area contributed by atoms with E-state index < -0.39 is 53.3 Å². The molecule has 0 aromatic heterocycles. The smallest absolute Gasteiger partial charge is 0.371 e. The van der Waals surface area contributed by atoms with E-state index in [1.54, 1.807) is 0 Å². The molecule has 0 aromatic carbocycles. The van der Waals surface area contributed by atoms with Crippen LogP contribution >= 0.6 is 0 Å². The number of cyclic esters (lactones) is 1. The highest BCUT2D eigenvalue weighted by Gasteiger charge is 2.57. The summed E-state index contributed by atoms with van der Waals surface area (Å²) >= 11 is -4.31. The van der Waals surface area contributed by atoms with Gasteiger partial charge in [0.2, 0.25) is 0 Å². The van der Waals surface area contributed by atoms with Crippen molar-refractivity contribution in [2.24, 2.45) is 0 Å². The third kappa shape index (κ3) is 3.66. The van der Waals surface area contributed by atoms with Crippen LogP contribution in [0.2, 0.25) is 0 Å². The number of carbonyl (C=O) groups excluding carboxylic acids is 2. The van der Waals surface area contributed by atoms with E-state index in [1.165, 1.54) is 0 Å². The van der Waals surface area contributed by atoms with Gasteiger partial charge in [-0.05, 0) is 0 Å². The van der Waals surface area contributed by atoms with E-state index in [-0.39, 0.29) is 12.8 Å². The fourth-order valence-electron chi connectivity index (χ4n) is 1.33. The van der Waals surface area contributed by atoms with Crippen LogP contribution in [0.3, 0.4) is 0 Å². The molecule has 0 radical (unpaired) electrons. The first-order valence-corrected chi connectivity index (χ1v) is 6.36. The Morgan fingerprint density at radius 1 is 1.45 bits per heavy atom. The van der Waals surface area contributed by atoms with Crippen molar-refractivity contribution in [3.63, 3.8) is 0 Å². The van der Waals surface area contributed by atoms with E-state index in [4.69, 9.17) is 0 Å². The number of alkyl halides is 4. The highest BCUT2D eigenvalue weighted by atomic mass is 32.2. The second kappa shape index (κ2) is 6.04. The third-order valence-electron chi connectivity index (χ3n) is 2.44. The fraction of sp³-hybridized carbons (Fsp3) is 0.778. The maximum Gasteiger partial charge on any atom is 0.371 e. The molecule has 6 nitrogen and oxygen atoms in total. The van der Waals surface area contributed by atoms with Crippen molar-refractivity contribution in [2.45, 2.75) is 36.5 Å². The van der Waals surface area contributed by atoms with Crippen LogP contribution in [0.25, 0.3) is 0 Å². The summed E-state index contributed by atoms with van der Waals surface area (Å²) in [5.41, 5.74) is 0. The molecule has 1 heterocycles. The summed E-state index contributed by atoms with van der Waals surface area (Å²) in [6.07, 6.45) is -2.96. The molecule has 0 saturated carbocycles. The number of carbonyl (C=O) groups is 2. The Morgan fingerprint density at radius 2 is 2.05 bits per heavy atom. The molecule has 1 fully saturated rings. The number of hydrogen-bond acceptors (Lipinski definition) is 6. The molecule has 0 spiro atoms. The largest absolute Gasteiger partial charge is 0.768 e. The summed E-state index contributed by atoms with van der Waals surface area (Å²) in [6.45, 7) is -1.13. The van der Waals surface area contributed by atoms with Gasteiger partial charge in [-0.1, -0.05) is 0 Å². The molecule has 0 aromatic rings. The Hall–Kier alpha value is -1.23. The Kier molecular flexibility index (Phi) is 5.08. The second-order valence-electron chi connectivity index (χ2n) is 3.89. The van der Waals surface area contributed by atoms with E-state index in [0.29, 0.717) is 0 Å². The minimum absolute atomic E-state index is 0.00873. The van der Waals surface area contributed by atoms with Crippen LogP contribution in [-0.4, -0.2) is 44.6 Å². The number of ether oxygens (including phenoxy) is 2. The van der Waals surface area contributed by atoms with E-state index in [2.05, 4.69) is 9.47 Å². The van der Waals surface area contributed by atoms with Gasteiger partial charge in [0, 0.05) is 23.9 Å². The maximum atomic E-state index is 12.9. The van der Waals surface area contributed by atoms with Crippen LogP contribution in [0.5, 0.6) is 0 Å². The van der Waals surface area contributed by atoms with Crippen LogP contribution in [0.1, 0.15) is 19.3 Å². The van der Waals surface area contributed by atoms with Crippen LogP contribution in [0.4, 0.5) is 17.6 Å². The summed E-state index contributed by atoms with van der Waals surface area (Å²) in [4.78, 5) is 21.9. The van der Waals surface area contributed by atoms with Gasteiger partial charge in [-0.2, -0.15) is 17.6 Å². The number of rotatable bonds is 6. The van der Waals surface area contributed by atoms with Gasteiger partial charge < -0.3 is 14.0 Å². The van der Waals surface area contributed by atoms with Gasteiger partial charge >= 0.3 is 23.1 Å². The lowest BCUT2D eigenvalue weighted by atomic mass is 10.2. The third-order valence-corrected chi connectivity index (χ3v) is 3.16. The van der Waals surface area contributed by atoms with Gasteiger partial charge in [0.25, 0.3) is 0 Å². The van der Waals surface area contributed by atoms with Crippen molar-refractivity contribution < 1.29 is 45.4 Å². The van der Waals surface area contributed by atoms with Crippen LogP contribution in [0, 0.1) is 0 Å². The van der Waals surface area contributed by atoms with Crippen molar-refractivity contribution >= 4 is 23.0 Å². The van der Waals surface area contributed by atoms with Crippen molar-refractivity contribution in [3.8, 4) is 0 Å². The van der Waals surface area contributed by atoms with Gasteiger partial charge in [-0.25, -0.2) is 4.79 Å². The Morgan fingerprint density at radius 3 is 2.50 bits per heavy atom. The summed E-state index contributed by atoms with van der Waals surface area (Å²) < 4.78 is 79.8. The van der Waals surface area contributed by atoms with Gasteiger partial charge in [0.05, 0.1) is 13.0 Å². The quantitative estimate of drug-likeness (QED) is 0.407.